The van der Waals surface area contributed by atoms with Gasteiger partial charge in [0.1, 0.15) is 5.76 Å². The largest absolute Gasteiger partial charge is 0.360 e. The van der Waals surface area contributed by atoms with Gasteiger partial charge < -0.3 is 9.84 Å². The molecule has 1 N–H and O–H groups in total. The molecule has 2 aliphatic rings. The summed E-state index contributed by atoms with van der Waals surface area (Å²) >= 11 is 0. The zero-order valence-corrected chi connectivity index (χ0v) is 16.4. The molecule has 0 spiro atoms. The molecule has 0 radical (unpaired) electrons. The summed E-state index contributed by atoms with van der Waals surface area (Å²) in [6.07, 6.45) is 5.31. The van der Waals surface area contributed by atoms with Crippen molar-refractivity contribution in [2.75, 3.05) is 18.8 Å². The summed E-state index contributed by atoms with van der Waals surface area (Å²) in [5.41, 5.74) is 0.332. The normalized spacial score (nSPS) is 20.8. The average molecular weight is 384 g/mol. The summed E-state index contributed by atoms with van der Waals surface area (Å²) in [6, 6.07) is 1.71. The van der Waals surface area contributed by atoms with Crippen LogP contribution >= 0.6 is 0 Å². The number of hydrogen-bond acceptors (Lipinski definition) is 5. The van der Waals surface area contributed by atoms with E-state index in [0.29, 0.717) is 31.1 Å². The van der Waals surface area contributed by atoms with E-state index in [-0.39, 0.29) is 23.6 Å². The molecule has 1 amide bonds. The minimum atomic E-state index is -3.14. The Morgan fingerprint density at radius 1 is 1.35 bits per heavy atom. The first-order valence-electron chi connectivity index (χ1n) is 9.66. The molecule has 0 bridgehead atoms. The summed E-state index contributed by atoms with van der Waals surface area (Å²) in [5, 5.41) is 6.87. The summed E-state index contributed by atoms with van der Waals surface area (Å²) in [7, 11) is -3.14. The summed E-state index contributed by atoms with van der Waals surface area (Å²) in [4.78, 5) is 12.4. The SMILES string of the molecule is CCCCS(=O)(=O)N1CCC([C@H](C)NC(=O)c2cc(C3CC3)on2)CC1. The van der Waals surface area contributed by atoms with Crippen LogP contribution in [0.4, 0.5) is 0 Å². The Labute approximate surface area is 155 Å². The lowest BCUT2D eigenvalue weighted by Crippen LogP contribution is -2.46. The summed E-state index contributed by atoms with van der Waals surface area (Å²) < 4.78 is 31.4. The lowest BCUT2D eigenvalue weighted by Gasteiger charge is -2.34. The molecule has 1 aliphatic heterocycles. The van der Waals surface area contributed by atoms with Crippen molar-refractivity contribution >= 4 is 15.9 Å². The van der Waals surface area contributed by atoms with Gasteiger partial charge >= 0.3 is 0 Å². The monoisotopic (exact) mass is 383 g/mol. The molecule has 1 aromatic heterocycles. The minimum absolute atomic E-state index is 0.0240. The fourth-order valence-corrected chi connectivity index (χ4v) is 5.14. The first-order valence-corrected chi connectivity index (χ1v) is 11.3. The van der Waals surface area contributed by atoms with Gasteiger partial charge in [0, 0.05) is 31.1 Å². The molecule has 1 aromatic rings. The quantitative estimate of drug-likeness (QED) is 0.744. The number of nitrogens with zero attached hydrogens (tertiary/aromatic N) is 2. The van der Waals surface area contributed by atoms with Gasteiger partial charge in [-0.05, 0) is 44.9 Å². The Bertz CT molecular complexity index is 719. The second kappa shape index (κ2) is 8.08. The van der Waals surface area contributed by atoms with E-state index in [1.54, 1.807) is 10.4 Å². The van der Waals surface area contributed by atoms with Crippen LogP contribution in [0.15, 0.2) is 10.6 Å². The lowest BCUT2D eigenvalue weighted by molar-refractivity contribution is 0.0905. The maximum atomic E-state index is 12.4. The maximum absolute atomic E-state index is 12.4. The average Bonchev–Trinajstić information content (AvgIpc) is 3.36. The summed E-state index contributed by atoms with van der Waals surface area (Å²) in [6.45, 7) is 5.04. The van der Waals surface area contributed by atoms with Crippen molar-refractivity contribution in [3.63, 3.8) is 0 Å². The number of sulfonamides is 1. The van der Waals surface area contributed by atoms with Gasteiger partial charge in [0.2, 0.25) is 10.0 Å². The summed E-state index contributed by atoms with van der Waals surface area (Å²) in [5.74, 6) is 1.52. The molecule has 146 valence electrons. The van der Waals surface area contributed by atoms with Gasteiger partial charge in [-0.15, -0.1) is 0 Å². The number of piperidine rings is 1. The second-order valence-corrected chi connectivity index (χ2v) is 9.65. The van der Waals surface area contributed by atoms with Crippen molar-refractivity contribution in [3.8, 4) is 0 Å². The third-order valence-electron chi connectivity index (χ3n) is 5.45. The van der Waals surface area contributed by atoms with Crippen molar-refractivity contribution in [3.05, 3.63) is 17.5 Å². The first kappa shape index (κ1) is 19.4. The highest BCUT2D eigenvalue weighted by Crippen LogP contribution is 2.40. The van der Waals surface area contributed by atoms with Gasteiger partial charge in [0.25, 0.3) is 5.91 Å². The molecule has 0 unspecified atom stereocenters. The molecule has 8 heteroatoms. The predicted molar refractivity (Wildman–Crippen MR) is 98.4 cm³/mol. The molecule has 3 rings (SSSR count). The fraction of sp³-hybridized carbons (Fsp3) is 0.778. The highest BCUT2D eigenvalue weighted by Gasteiger charge is 2.32. The van der Waals surface area contributed by atoms with Crippen LogP contribution in [-0.4, -0.2) is 48.7 Å². The number of aromatic nitrogens is 1. The molecule has 2 fully saturated rings. The van der Waals surface area contributed by atoms with Gasteiger partial charge in [0.05, 0.1) is 5.75 Å². The number of carbonyl (C=O) groups excluding carboxylic acids is 1. The topological polar surface area (TPSA) is 92.5 Å². The van der Waals surface area contributed by atoms with Gasteiger partial charge in [-0.3, -0.25) is 4.79 Å². The van der Waals surface area contributed by atoms with E-state index >= 15 is 0 Å². The Hall–Kier alpha value is -1.41. The van der Waals surface area contributed by atoms with Gasteiger partial charge in [-0.25, -0.2) is 12.7 Å². The Balaban J connectivity index is 1.48. The van der Waals surface area contributed by atoms with Crippen LogP contribution in [0.3, 0.4) is 0 Å². The van der Waals surface area contributed by atoms with Crippen molar-refractivity contribution < 1.29 is 17.7 Å². The zero-order valence-electron chi connectivity index (χ0n) is 15.6. The lowest BCUT2D eigenvalue weighted by atomic mass is 9.91. The van der Waals surface area contributed by atoms with Crippen LogP contribution in [0.25, 0.3) is 0 Å². The van der Waals surface area contributed by atoms with Crippen molar-refractivity contribution in [1.29, 1.82) is 0 Å². The number of rotatable bonds is 8. The van der Waals surface area contributed by atoms with E-state index in [4.69, 9.17) is 4.52 Å². The number of nitrogens with one attached hydrogen (secondary N) is 1. The van der Waals surface area contributed by atoms with E-state index < -0.39 is 10.0 Å². The van der Waals surface area contributed by atoms with Crippen molar-refractivity contribution in [2.24, 2.45) is 5.92 Å². The molecule has 0 aromatic carbocycles. The maximum Gasteiger partial charge on any atom is 0.273 e. The number of unbranched alkanes of at least 4 members (excludes halogenated alkanes) is 1. The third-order valence-corrected chi connectivity index (χ3v) is 7.41. The van der Waals surface area contributed by atoms with E-state index in [0.717, 1.165) is 37.9 Å². The van der Waals surface area contributed by atoms with Crippen LogP contribution in [0.1, 0.15) is 74.5 Å². The van der Waals surface area contributed by atoms with E-state index in [1.807, 2.05) is 13.8 Å². The van der Waals surface area contributed by atoms with E-state index in [2.05, 4.69) is 10.5 Å². The van der Waals surface area contributed by atoms with Crippen LogP contribution in [0, 0.1) is 5.92 Å². The molecular weight excluding hydrogens is 354 g/mol. The number of amides is 1. The molecule has 1 aliphatic carbocycles. The zero-order chi connectivity index (χ0) is 18.7. The Morgan fingerprint density at radius 3 is 2.65 bits per heavy atom. The smallest absolute Gasteiger partial charge is 0.273 e. The molecule has 7 nitrogen and oxygen atoms in total. The van der Waals surface area contributed by atoms with Crippen LogP contribution in [0.2, 0.25) is 0 Å². The molecule has 1 saturated carbocycles. The Kier molecular flexibility index (Phi) is 6.02. The highest BCUT2D eigenvalue weighted by atomic mass is 32.2. The predicted octanol–water partition coefficient (Wildman–Crippen LogP) is 2.51. The van der Waals surface area contributed by atoms with E-state index in [9.17, 15) is 13.2 Å². The molecule has 2 heterocycles. The highest BCUT2D eigenvalue weighted by molar-refractivity contribution is 7.89. The van der Waals surface area contributed by atoms with Gasteiger partial charge in [0.15, 0.2) is 5.69 Å². The van der Waals surface area contributed by atoms with Crippen LogP contribution in [0.5, 0.6) is 0 Å². The second-order valence-electron chi connectivity index (χ2n) is 7.56. The molecular formula is C18H29N3O4S. The molecule has 1 saturated heterocycles. The van der Waals surface area contributed by atoms with Crippen LogP contribution in [-0.2, 0) is 10.0 Å². The third kappa shape index (κ3) is 4.65. The minimum Gasteiger partial charge on any atom is -0.360 e. The van der Waals surface area contributed by atoms with Crippen molar-refractivity contribution in [1.82, 2.24) is 14.8 Å². The van der Waals surface area contributed by atoms with Crippen molar-refractivity contribution in [2.45, 2.75) is 64.3 Å². The molecule has 26 heavy (non-hydrogen) atoms. The number of carbonyl (C=O) groups is 1. The first-order chi connectivity index (χ1) is 12.4. The number of hydrogen-bond donors (Lipinski definition) is 1. The van der Waals surface area contributed by atoms with Gasteiger partial charge in [-0.2, -0.15) is 0 Å². The van der Waals surface area contributed by atoms with E-state index in [1.165, 1.54) is 0 Å². The standard InChI is InChI=1S/C18H29N3O4S/c1-3-4-11-26(23,24)21-9-7-14(8-10-21)13(2)19-18(22)16-12-17(25-20-16)15-5-6-15/h12-15H,3-11H2,1-2H3,(H,19,22)/t13-/m0/s1. The van der Waals surface area contributed by atoms with Crippen LogP contribution < -0.4 is 5.32 Å². The molecule has 1 atom stereocenters. The fourth-order valence-electron chi connectivity index (χ4n) is 3.46. The Morgan fingerprint density at radius 2 is 2.04 bits per heavy atom. The van der Waals surface area contributed by atoms with Gasteiger partial charge in [-0.1, -0.05) is 18.5 Å².